The Morgan fingerprint density at radius 1 is 1.14 bits per heavy atom. The minimum Gasteiger partial charge on any atom is -0.480 e. The van der Waals surface area contributed by atoms with Crippen molar-refractivity contribution < 1.29 is 30.3 Å². The summed E-state index contributed by atoms with van der Waals surface area (Å²) in [5, 5.41) is 43.7. The van der Waals surface area contributed by atoms with Crippen LogP contribution in [0.5, 0.6) is 0 Å². The lowest BCUT2D eigenvalue weighted by Gasteiger charge is -2.27. The highest BCUT2D eigenvalue weighted by Gasteiger charge is 2.27. The highest BCUT2D eigenvalue weighted by molar-refractivity contribution is 5.69. The predicted molar refractivity (Wildman–Crippen MR) is 47.8 cm³/mol. The van der Waals surface area contributed by atoms with Crippen molar-refractivity contribution in [1.29, 1.82) is 0 Å². The third kappa shape index (κ3) is 5.84. The van der Waals surface area contributed by atoms with Gasteiger partial charge in [-0.3, -0.25) is 10.1 Å². The van der Waals surface area contributed by atoms with E-state index < -0.39 is 37.9 Å². The number of hydrogen-bond donors (Lipinski definition) is 6. The van der Waals surface area contributed by atoms with Crippen molar-refractivity contribution in [2.75, 3.05) is 33.5 Å². The van der Waals surface area contributed by atoms with E-state index in [1.165, 1.54) is 0 Å². The normalized spacial score (nSPS) is 10.4. The number of carboxylic acids is 1. The average Bonchev–Trinajstić information content (AvgIpc) is 2.23. The van der Waals surface area contributed by atoms with E-state index >= 15 is 0 Å². The molecule has 0 amide bonds. The lowest BCUT2D eigenvalue weighted by Crippen LogP contribution is -2.56. The monoisotopic (exact) mass is 211 g/mol. The Balaban J connectivity index is 0. The Bertz CT molecular complexity index is 139. The van der Waals surface area contributed by atoms with Crippen molar-refractivity contribution in [3.63, 3.8) is 0 Å². The standard InChI is InChI=1S/C6H13NO5.CH4O/c8-2-6(3-9,4-10)7-1-5(11)12;1-2/h7-10H,1-4H2,(H,11,12);2H,1H3. The zero-order valence-electron chi connectivity index (χ0n) is 7.97. The fraction of sp³-hybridized carbons (Fsp3) is 0.857. The summed E-state index contributed by atoms with van der Waals surface area (Å²) in [5.74, 6) is -1.12. The maximum Gasteiger partial charge on any atom is 0.317 e. The molecule has 0 aliphatic heterocycles. The van der Waals surface area contributed by atoms with Gasteiger partial charge >= 0.3 is 5.97 Å². The zero-order chi connectivity index (χ0) is 11.6. The van der Waals surface area contributed by atoms with Gasteiger partial charge in [0, 0.05) is 7.11 Å². The third-order valence-corrected chi connectivity index (χ3v) is 1.52. The summed E-state index contributed by atoms with van der Waals surface area (Å²) in [6.45, 7) is -1.98. The second-order valence-electron chi connectivity index (χ2n) is 2.50. The molecule has 0 unspecified atom stereocenters. The van der Waals surface area contributed by atoms with Crippen molar-refractivity contribution in [2.45, 2.75) is 5.54 Å². The van der Waals surface area contributed by atoms with Crippen LogP contribution in [0.15, 0.2) is 0 Å². The van der Waals surface area contributed by atoms with Crippen molar-refractivity contribution in [2.24, 2.45) is 0 Å². The lowest BCUT2D eigenvalue weighted by molar-refractivity contribution is -0.136. The van der Waals surface area contributed by atoms with Crippen molar-refractivity contribution in [1.82, 2.24) is 5.32 Å². The maximum absolute atomic E-state index is 10.1. The van der Waals surface area contributed by atoms with Crippen molar-refractivity contribution in [3.05, 3.63) is 0 Å². The van der Waals surface area contributed by atoms with Crippen LogP contribution in [0.2, 0.25) is 0 Å². The van der Waals surface area contributed by atoms with Gasteiger partial charge in [0.25, 0.3) is 0 Å². The smallest absolute Gasteiger partial charge is 0.317 e. The molecule has 0 radical (unpaired) electrons. The largest absolute Gasteiger partial charge is 0.480 e. The van der Waals surface area contributed by atoms with Gasteiger partial charge in [0.2, 0.25) is 0 Å². The molecule has 0 aliphatic rings. The molecule has 7 nitrogen and oxygen atoms in total. The van der Waals surface area contributed by atoms with Crippen LogP contribution in [-0.2, 0) is 4.79 Å². The third-order valence-electron chi connectivity index (χ3n) is 1.52. The first kappa shape index (κ1) is 15.7. The van der Waals surface area contributed by atoms with Crippen LogP contribution < -0.4 is 5.32 Å². The first-order valence-corrected chi connectivity index (χ1v) is 3.84. The number of hydrogen-bond acceptors (Lipinski definition) is 6. The molecule has 14 heavy (non-hydrogen) atoms. The van der Waals surface area contributed by atoms with Gasteiger partial charge in [0.05, 0.1) is 31.9 Å². The molecule has 7 heteroatoms. The van der Waals surface area contributed by atoms with E-state index in [9.17, 15) is 4.79 Å². The predicted octanol–water partition coefficient (Wildman–Crippen LogP) is -3.02. The summed E-state index contributed by atoms with van der Waals surface area (Å²) in [6, 6.07) is 0. The van der Waals surface area contributed by atoms with E-state index in [0.29, 0.717) is 0 Å². The molecule has 0 aromatic carbocycles. The quantitative estimate of drug-likeness (QED) is 0.276. The molecule has 0 aliphatic carbocycles. The number of carbonyl (C=O) groups is 1. The van der Waals surface area contributed by atoms with E-state index in [2.05, 4.69) is 5.32 Å². The summed E-state index contributed by atoms with van der Waals surface area (Å²) >= 11 is 0. The van der Waals surface area contributed by atoms with Gasteiger partial charge in [0.15, 0.2) is 0 Å². The fourth-order valence-corrected chi connectivity index (χ4v) is 0.581. The summed E-state index contributed by atoms with van der Waals surface area (Å²) in [5.41, 5.74) is -1.31. The Morgan fingerprint density at radius 2 is 1.50 bits per heavy atom. The Morgan fingerprint density at radius 3 is 1.71 bits per heavy atom. The molecule has 0 spiro atoms. The number of aliphatic hydroxyl groups is 4. The molecule has 0 atom stereocenters. The minimum atomic E-state index is -1.31. The molecule has 0 heterocycles. The number of aliphatic hydroxyl groups excluding tert-OH is 4. The van der Waals surface area contributed by atoms with E-state index in [-0.39, 0.29) is 0 Å². The molecule has 86 valence electrons. The van der Waals surface area contributed by atoms with E-state index in [1.54, 1.807) is 0 Å². The number of carboxylic acid groups (broad SMARTS) is 1. The summed E-state index contributed by atoms with van der Waals surface area (Å²) in [6.07, 6.45) is 0. The van der Waals surface area contributed by atoms with Crippen LogP contribution in [0, 0.1) is 0 Å². The molecular formula is C7H17NO6. The zero-order valence-corrected chi connectivity index (χ0v) is 7.97. The molecule has 0 saturated heterocycles. The first-order chi connectivity index (χ1) is 6.60. The lowest BCUT2D eigenvalue weighted by atomic mass is 10.0. The fourth-order valence-electron chi connectivity index (χ4n) is 0.581. The van der Waals surface area contributed by atoms with Gasteiger partial charge in [0.1, 0.15) is 0 Å². The van der Waals surface area contributed by atoms with Crippen LogP contribution in [-0.4, -0.2) is 70.5 Å². The Kier molecular flexibility index (Phi) is 9.94. The van der Waals surface area contributed by atoms with Crippen LogP contribution >= 0.6 is 0 Å². The number of rotatable bonds is 6. The highest BCUT2D eigenvalue weighted by atomic mass is 16.4. The molecular weight excluding hydrogens is 194 g/mol. The first-order valence-electron chi connectivity index (χ1n) is 3.84. The number of aliphatic carboxylic acids is 1. The highest BCUT2D eigenvalue weighted by Crippen LogP contribution is 1.99. The van der Waals surface area contributed by atoms with Crippen molar-refractivity contribution >= 4 is 5.97 Å². The Labute approximate surface area is 81.6 Å². The Hall–Kier alpha value is -0.730. The molecule has 0 aromatic rings. The summed E-state index contributed by atoms with van der Waals surface area (Å²) in [7, 11) is 1.00. The second-order valence-corrected chi connectivity index (χ2v) is 2.50. The van der Waals surface area contributed by atoms with E-state index in [1.807, 2.05) is 0 Å². The molecule has 0 bridgehead atoms. The molecule has 0 rings (SSSR count). The SMILES string of the molecule is CO.O=C(O)CNC(CO)(CO)CO. The van der Waals surface area contributed by atoms with Gasteiger partial charge in [-0.25, -0.2) is 0 Å². The van der Waals surface area contributed by atoms with Crippen molar-refractivity contribution in [3.8, 4) is 0 Å². The molecule has 0 fully saturated rings. The van der Waals surface area contributed by atoms with Crippen LogP contribution in [0.4, 0.5) is 0 Å². The van der Waals surface area contributed by atoms with Gasteiger partial charge in [-0.2, -0.15) is 0 Å². The topological polar surface area (TPSA) is 130 Å². The maximum atomic E-state index is 10.1. The average molecular weight is 211 g/mol. The van der Waals surface area contributed by atoms with Gasteiger partial charge in [-0.1, -0.05) is 0 Å². The molecule has 0 aromatic heterocycles. The van der Waals surface area contributed by atoms with Crippen LogP contribution in [0.25, 0.3) is 0 Å². The molecule has 0 saturated carbocycles. The van der Waals surface area contributed by atoms with Gasteiger partial charge in [-0.05, 0) is 0 Å². The second kappa shape index (κ2) is 8.85. The summed E-state index contributed by atoms with van der Waals surface area (Å²) in [4.78, 5) is 10.1. The van der Waals surface area contributed by atoms with Gasteiger partial charge in [-0.15, -0.1) is 0 Å². The van der Waals surface area contributed by atoms with E-state index in [4.69, 9.17) is 25.5 Å². The summed E-state index contributed by atoms with van der Waals surface area (Å²) < 4.78 is 0. The van der Waals surface area contributed by atoms with Crippen LogP contribution in [0.3, 0.4) is 0 Å². The van der Waals surface area contributed by atoms with E-state index in [0.717, 1.165) is 7.11 Å². The van der Waals surface area contributed by atoms with Gasteiger partial charge < -0.3 is 25.5 Å². The number of nitrogens with one attached hydrogen (secondary N) is 1. The van der Waals surface area contributed by atoms with Crippen LogP contribution in [0.1, 0.15) is 0 Å². The minimum absolute atomic E-state index is 0.415. The molecule has 6 N–H and O–H groups in total.